The average Bonchev–Trinajstić information content (AvgIpc) is 2.83. The molecular weight excluding hydrogens is 386 g/mol. The summed E-state index contributed by atoms with van der Waals surface area (Å²) in [5, 5.41) is 8.90. The number of carbonyl (C=O) groups is 2. The van der Waals surface area contributed by atoms with E-state index in [-0.39, 0.29) is 24.5 Å². The fraction of sp³-hybridized carbons (Fsp3) is 0.423. The topological polar surface area (TPSA) is 64.4 Å². The van der Waals surface area contributed by atoms with E-state index in [0.717, 1.165) is 38.0 Å². The van der Waals surface area contributed by atoms with E-state index in [0.29, 0.717) is 18.7 Å². The van der Waals surface area contributed by atoms with Crippen molar-refractivity contribution in [2.75, 3.05) is 26.2 Å². The fourth-order valence-electron chi connectivity index (χ4n) is 4.53. The molecule has 0 saturated carbocycles. The lowest BCUT2D eigenvalue weighted by Gasteiger charge is -2.34. The molecular formula is C26H29N3O2. The van der Waals surface area contributed by atoms with Crippen molar-refractivity contribution in [3.63, 3.8) is 0 Å². The minimum atomic E-state index is 0.0705. The summed E-state index contributed by atoms with van der Waals surface area (Å²) < 4.78 is 0. The van der Waals surface area contributed by atoms with Gasteiger partial charge >= 0.3 is 0 Å². The number of piperazine rings is 1. The molecule has 1 fully saturated rings. The molecule has 2 aromatic carbocycles. The van der Waals surface area contributed by atoms with Crippen molar-refractivity contribution in [2.45, 2.75) is 45.1 Å². The maximum Gasteiger partial charge on any atom is 0.223 e. The number of Topliss-reactive ketones (excluding diaryl/α,β-unsaturated/α-hetero) is 1. The van der Waals surface area contributed by atoms with Crippen molar-refractivity contribution in [2.24, 2.45) is 0 Å². The molecule has 31 heavy (non-hydrogen) atoms. The number of ketones is 1. The summed E-state index contributed by atoms with van der Waals surface area (Å²) in [6, 6.07) is 15.9. The van der Waals surface area contributed by atoms with Crippen LogP contribution in [0.3, 0.4) is 0 Å². The zero-order chi connectivity index (χ0) is 21.6. The van der Waals surface area contributed by atoms with Gasteiger partial charge in [0.15, 0.2) is 5.78 Å². The van der Waals surface area contributed by atoms with Gasteiger partial charge in [-0.3, -0.25) is 14.5 Å². The number of hydrogen-bond acceptors (Lipinski definition) is 4. The highest BCUT2D eigenvalue weighted by molar-refractivity contribution is 5.98. The van der Waals surface area contributed by atoms with Gasteiger partial charge < -0.3 is 4.90 Å². The predicted octanol–water partition coefficient (Wildman–Crippen LogP) is 3.74. The monoisotopic (exact) mass is 415 g/mol. The van der Waals surface area contributed by atoms with Crippen molar-refractivity contribution < 1.29 is 9.59 Å². The van der Waals surface area contributed by atoms with Gasteiger partial charge in [0.25, 0.3) is 0 Å². The van der Waals surface area contributed by atoms with E-state index in [2.05, 4.69) is 17.0 Å². The smallest absolute Gasteiger partial charge is 0.223 e. The van der Waals surface area contributed by atoms with Crippen LogP contribution in [0.1, 0.15) is 58.3 Å². The number of benzene rings is 2. The van der Waals surface area contributed by atoms with Crippen LogP contribution in [0.15, 0.2) is 42.5 Å². The molecule has 5 heteroatoms. The summed E-state index contributed by atoms with van der Waals surface area (Å²) in [4.78, 5) is 29.5. The second-order valence-corrected chi connectivity index (χ2v) is 8.58. The number of hydrogen-bond donors (Lipinski definition) is 0. The molecule has 0 atom stereocenters. The maximum atomic E-state index is 12.6. The molecule has 4 rings (SSSR count). The normalized spacial score (nSPS) is 16.4. The fourth-order valence-corrected chi connectivity index (χ4v) is 4.53. The average molecular weight is 416 g/mol. The first kappa shape index (κ1) is 21.3. The van der Waals surface area contributed by atoms with Crippen LogP contribution in [-0.2, 0) is 24.2 Å². The number of fused-ring (bicyclic) bond motifs is 1. The molecule has 0 aromatic heterocycles. The van der Waals surface area contributed by atoms with E-state index in [9.17, 15) is 9.59 Å². The maximum absolute atomic E-state index is 12.6. The van der Waals surface area contributed by atoms with Crippen LogP contribution in [-0.4, -0.2) is 47.7 Å². The molecule has 0 radical (unpaired) electrons. The van der Waals surface area contributed by atoms with Crippen LogP contribution in [0.25, 0.3) is 0 Å². The predicted molar refractivity (Wildman–Crippen MR) is 120 cm³/mol. The Morgan fingerprint density at radius 1 is 0.871 bits per heavy atom. The highest BCUT2D eigenvalue weighted by Gasteiger charge is 2.22. The van der Waals surface area contributed by atoms with Crippen LogP contribution in [0.5, 0.6) is 0 Å². The standard InChI is InChI=1S/C26H29N3O2/c27-18-20-5-7-21(8-6-20)19-28-13-15-29(16-14-28)26(31)12-11-25(30)24-10-9-22-3-1-2-4-23(22)17-24/h5-10,17H,1-4,11-16,19H2. The number of rotatable bonds is 6. The Labute approximate surface area is 184 Å². The van der Waals surface area contributed by atoms with Gasteiger partial charge in [0, 0.05) is 51.1 Å². The molecule has 1 heterocycles. The van der Waals surface area contributed by atoms with E-state index >= 15 is 0 Å². The van der Waals surface area contributed by atoms with Gasteiger partial charge in [-0.1, -0.05) is 24.3 Å². The first-order valence-corrected chi connectivity index (χ1v) is 11.3. The lowest BCUT2D eigenvalue weighted by molar-refractivity contribution is -0.132. The van der Waals surface area contributed by atoms with Crippen LogP contribution in [0.2, 0.25) is 0 Å². The van der Waals surface area contributed by atoms with Crippen molar-refractivity contribution in [3.8, 4) is 6.07 Å². The summed E-state index contributed by atoms with van der Waals surface area (Å²) >= 11 is 0. The van der Waals surface area contributed by atoms with Gasteiger partial charge in [-0.25, -0.2) is 0 Å². The van der Waals surface area contributed by atoms with E-state index in [1.54, 1.807) is 0 Å². The van der Waals surface area contributed by atoms with Gasteiger partial charge in [-0.2, -0.15) is 5.26 Å². The molecule has 1 amide bonds. The number of nitriles is 1. The Morgan fingerprint density at radius 3 is 2.29 bits per heavy atom. The molecule has 0 spiro atoms. The summed E-state index contributed by atoms with van der Waals surface area (Å²) in [5.74, 6) is 0.144. The molecule has 1 saturated heterocycles. The van der Waals surface area contributed by atoms with Gasteiger partial charge in [-0.05, 0) is 60.6 Å². The Bertz CT molecular complexity index is 983. The Morgan fingerprint density at radius 2 is 1.58 bits per heavy atom. The number of nitrogens with zero attached hydrogens (tertiary/aromatic N) is 3. The molecule has 0 N–H and O–H groups in total. The lowest BCUT2D eigenvalue weighted by Crippen LogP contribution is -2.48. The van der Waals surface area contributed by atoms with Gasteiger partial charge in [-0.15, -0.1) is 0 Å². The molecule has 5 nitrogen and oxygen atoms in total. The van der Waals surface area contributed by atoms with Crippen molar-refractivity contribution in [1.82, 2.24) is 9.80 Å². The van der Waals surface area contributed by atoms with Gasteiger partial charge in [0.1, 0.15) is 0 Å². The number of aryl methyl sites for hydroxylation is 2. The van der Waals surface area contributed by atoms with E-state index in [1.807, 2.05) is 41.3 Å². The number of carbonyl (C=O) groups excluding carboxylic acids is 2. The van der Waals surface area contributed by atoms with Crippen LogP contribution in [0.4, 0.5) is 0 Å². The quantitative estimate of drug-likeness (QED) is 0.674. The van der Waals surface area contributed by atoms with Crippen molar-refractivity contribution in [3.05, 3.63) is 70.3 Å². The SMILES string of the molecule is N#Cc1ccc(CN2CCN(C(=O)CCC(=O)c3ccc4c(c3)CCCC4)CC2)cc1. The summed E-state index contributed by atoms with van der Waals surface area (Å²) in [7, 11) is 0. The van der Waals surface area contributed by atoms with Gasteiger partial charge in [0.2, 0.25) is 5.91 Å². The molecule has 2 aromatic rings. The largest absolute Gasteiger partial charge is 0.340 e. The molecule has 1 aliphatic carbocycles. The molecule has 160 valence electrons. The molecule has 2 aliphatic rings. The summed E-state index contributed by atoms with van der Waals surface area (Å²) in [6.45, 7) is 3.86. The third kappa shape index (κ3) is 5.39. The van der Waals surface area contributed by atoms with Crippen molar-refractivity contribution >= 4 is 11.7 Å². The molecule has 0 bridgehead atoms. The zero-order valence-corrected chi connectivity index (χ0v) is 18.0. The van der Waals surface area contributed by atoms with E-state index in [4.69, 9.17) is 5.26 Å². The minimum absolute atomic E-state index is 0.0705. The molecule has 1 aliphatic heterocycles. The first-order valence-electron chi connectivity index (χ1n) is 11.3. The lowest BCUT2D eigenvalue weighted by atomic mass is 9.89. The first-order chi connectivity index (χ1) is 15.1. The summed E-state index contributed by atoms with van der Waals surface area (Å²) in [5.41, 5.74) is 5.28. The van der Waals surface area contributed by atoms with E-state index < -0.39 is 0 Å². The minimum Gasteiger partial charge on any atom is -0.340 e. The second kappa shape index (κ2) is 9.89. The highest BCUT2D eigenvalue weighted by Crippen LogP contribution is 2.23. The van der Waals surface area contributed by atoms with E-state index in [1.165, 1.54) is 29.5 Å². The third-order valence-corrected chi connectivity index (χ3v) is 6.45. The zero-order valence-electron chi connectivity index (χ0n) is 18.0. The van der Waals surface area contributed by atoms with Crippen molar-refractivity contribution in [1.29, 1.82) is 5.26 Å². The Balaban J connectivity index is 1.22. The van der Waals surface area contributed by atoms with Crippen LogP contribution < -0.4 is 0 Å². The highest BCUT2D eigenvalue weighted by atomic mass is 16.2. The number of amides is 1. The van der Waals surface area contributed by atoms with Crippen LogP contribution >= 0.6 is 0 Å². The summed E-state index contributed by atoms with van der Waals surface area (Å²) in [6.07, 6.45) is 5.16. The molecule has 0 unspecified atom stereocenters. The Hall–Kier alpha value is -2.97. The van der Waals surface area contributed by atoms with Gasteiger partial charge in [0.05, 0.1) is 11.6 Å². The third-order valence-electron chi connectivity index (χ3n) is 6.45. The Kier molecular flexibility index (Phi) is 6.79. The van der Waals surface area contributed by atoms with Crippen LogP contribution in [0, 0.1) is 11.3 Å². The second-order valence-electron chi connectivity index (χ2n) is 8.58.